The van der Waals surface area contributed by atoms with E-state index in [0.717, 1.165) is 12.8 Å². The van der Waals surface area contributed by atoms with E-state index < -0.39 is 0 Å². The van der Waals surface area contributed by atoms with Crippen molar-refractivity contribution in [1.29, 1.82) is 0 Å². The summed E-state index contributed by atoms with van der Waals surface area (Å²) in [5.41, 5.74) is -0.368. The summed E-state index contributed by atoms with van der Waals surface area (Å²) in [5, 5.41) is 2.94. The molecular weight excluding hydrogens is 318 g/mol. The maximum atomic E-state index is 12.0. The van der Waals surface area contributed by atoms with Crippen LogP contribution in [0.2, 0.25) is 0 Å². The number of nitrogens with one attached hydrogen (secondary N) is 1. The second kappa shape index (κ2) is 10.3. The van der Waals surface area contributed by atoms with E-state index in [1.54, 1.807) is 0 Å². The Hall–Kier alpha value is -0.940. The average Bonchev–Trinajstić information content (AvgIpc) is 2.34. The molecule has 0 saturated heterocycles. The van der Waals surface area contributed by atoms with Gasteiger partial charge in [-0.1, -0.05) is 27.7 Å². The Labute approximate surface area is 154 Å². The van der Waals surface area contributed by atoms with Gasteiger partial charge in [0, 0.05) is 18.6 Å². The molecule has 0 atom stereocenters. The maximum absolute atomic E-state index is 12.0. The van der Waals surface area contributed by atoms with E-state index in [1.165, 1.54) is 0 Å². The van der Waals surface area contributed by atoms with E-state index in [2.05, 4.69) is 39.9 Å². The molecule has 0 aliphatic rings. The van der Waals surface area contributed by atoms with Crippen molar-refractivity contribution in [2.75, 3.05) is 19.8 Å². The summed E-state index contributed by atoms with van der Waals surface area (Å²) in [6.07, 6.45) is 2.97. The van der Waals surface area contributed by atoms with Crippen LogP contribution in [0.15, 0.2) is 0 Å². The molecule has 0 aliphatic heterocycles. The summed E-state index contributed by atoms with van der Waals surface area (Å²) in [5.74, 6) is -0.174. The Morgan fingerprint density at radius 2 is 1.56 bits per heavy atom. The van der Waals surface area contributed by atoms with Gasteiger partial charge in [0.1, 0.15) is 13.2 Å². The molecule has 0 bridgehead atoms. The largest absolute Gasteiger partial charge is 0.375 e. The molecular formula is C20H39NO4. The normalized spacial score (nSPS) is 13.0. The quantitative estimate of drug-likeness (QED) is 0.575. The summed E-state index contributed by atoms with van der Waals surface area (Å²) in [6.45, 7) is 17.2. The molecule has 1 amide bonds. The van der Waals surface area contributed by atoms with Crippen molar-refractivity contribution < 1.29 is 19.1 Å². The minimum absolute atomic E-state index is 0.00575. The highest BCUT2D eigenvalue weighted by Crippen LogP contribution is 2.29. The van der Waals surface area contributed by atoms with Crippen molar-refractivity contribution in [1.82, 2.24) is 5.32 Å². The lowest BCUT2D eigenvalue weighted by molar-refractivity contribution is -0.131. The number of rotatable bonds is 12. The van der Waals surface area contributed by atoms with Crippen LogP contribution >= 0.6 is 0 Å². The van der Waals surface area contributed by atoms with Crippen molar-refractivity contribution in [2.45, 2.75) is 92.2 Å². The van der Waals surface area contributed by atoms with E-state index >= 15 is 0 Å². The second-order valence-electron chi connectivity index (χ2n) is 9.31. The van der Waals surface area contributed by atoms with E-state index in [1.807, 2.05) is 20.8 Å². The number of ether oxygens (including phenoxy) is 2. The van der Waals surface area contributed by atoms with E-state index in [4.69, 9.17) is 9.47 Å². The van der Waals surface area contributed by atoms with E-state index in [9.17, 15) is 9.59 Å². The van der Waals surface area contributed by atoms with Gasteiger partial charge >= 0.3 is 0 Å². The lowest BCUT2D eigenvalue weighted by atomic mass is 9.83. The third-order valence-electron chi connectivity index (χ3n) is 3.68. The van der Waals surface area contributed by atoms with Crippen LogP contribution < -0.4 is 5.32 Å². The number of hydrogen-bond donors (Lipinski definition) is 1. The van der Waals surface area contributed by atoms with Gasteiger partial charge in [-0.2, -0.15) is 0 Å². The Bertz CT molecular complexity index is 422. The Balaban J connectivity index is 4.15. The molecule has 0 radical (unpaired) electrons. The monoisotopic (exact) mass is 357 g/mol. The Morgan fingerprint density at radius 3 is 2.08 bits per heavy atom. The maximum Gasteiger partial charge on any atom is 0.246 e. The van der Waals surface area contributed by atoms with Gasteiger partial charge in [0.15, 0.2) is 5.78 Å². The molecule has 5 nitrogen and oxygen atoms in total. The number of carbonyl (C=O) groups excluding carboxylic acids is 2. The highest BCUT2D eigenvalue weighted by molar-refractivity contribution is 5.81. The van der Waals surface area contributed by atoms with Crippen molar-refractivity contribution >= 4 is 11.7 Å². The van der Waals surface area contributed by atoms with Crippen LogP contribution in [0.25, 0.3) is 0 Å². The van der Waals surface area contributed by atoms with Crippen molar-refractivity contribution in [2.24, 2.45) is 5.41 Å². The molecule has 25 heavy (non-hydrogen) atoms. The first-order valence-corrected chi connectivity index (χ1v) is 9.31. The molecule has 0 heterocycles. The van der Waals surface area contributed by atoms with Crippen molar-refractivity contribution in [3.05, 3.63) is 0 Å². The summed E-state index contributed by atoms with van der Waals surface area (Å²) in [7, 11) is 0. The molecule has 0 aliphatic carbocycles. The number of hydrogen-bond acceptors (Lipinski definition) is 4. The summed E-state index contributed by atoms with van der Waals surface area (Å²) in [4.78, 5) is 23.3. The fourth-order valence-corrected chi connectivity index (χ4v) is 3.00. The number of carbonyl (C=O) groups is 2. The lowest BCUT2D eigenvalue weighted by Crippen LogP contribution is -2.46. The third kappa shape index (κ3) is 14.0. The highest BCUT2D eigenvalue weighted by Gasteiger charge is 2.27. The number of Topliss-reactive ketones (excluding diaryl/α,β-unsaturated/α-hetero) is 1. The van der Waals surface area contributed by atoms with Crippen LogP contribution in [0.4, 0.5) is 0 Å². The highest BCUT2D eigenvalue weighted by atomic mass is 16.5. The third-order valence-corrected chi connectivity index (χ3v) is 3.68. The molecule has 0 aromatic carbocycles. The van der Waals surface area contributed by atoms with Crippen LogP contribution in [0.1, 0.15) is 81.1 Å². The topological polar surface area (TPSA) is 64.6 Å². The van der Waals surface area contributed by atoms with Crippen LogP contribution in [-0.4, -0.2) is 42.7 Å². The van der Waals surface area contributed by atoms with Crippen LogP contribution in [0.3, 0.4) is 0 Å². The fourth-order valence-electron chi connectivity index (χ4n) is 3.00. The number of amides is 1. The Kier molecular flexibility index (Phi) is 9.88. The predicted octanol–water partition coefficient (Wildman–Crippen LogP) is 3.89. The van der Waals surface area contributed by atoms with Crippen molar-refractivity contribution in [3.63, 3.8) is 0 Å². The first-order valence-electron chi connectivity index (χ1n) is 9.31. The number of ketones is 1. The van der Waals surface area contributed by atoms with Crippen molar-refractivity contribution in [3.8, 4) is 0 Å². The first kappa shape index (κ1) is 24.1. The smallest absolute Gasteiger partial charge is 0.246 e. The zero-order chi connectivity index (χ0) is 19.7. The van der Waals surface area contributed by atoms with Gasteiger partial charge in [-0.25, -0.2) is 0 Å². The van der Waals surface area contributed by atoms with Gasteiger partial charge in [0.05, 0.1) is 5.60 Å². The minimum atomic E-state index is -0.383. The van der Waals surface area contributed by atoms with E-state index in [0.29, 0.717) is 19.4 Å². The van der Waals surface area contributed by atoms with Crippen LogP contribution in [0.5, 0.6) is 0 Å². The predicted molar refractivity (Wildman–Crippen MR) is 102 cm³/mol. The molecule has 0 unspecified atom stereocenters. The molecule has 0 spiro atoms. The molecule has 0 aromatic heterocycles. The summed E-state index contributed by atoms with van der Waals surface area (Å²) in [6, 6.07) is 0. The van der Waals surface area contributed by atoms with Gasteiger partial charge in [0.25, 0.3) is 0 Å². The van der Waals surface area contributed by atoms with Gasteiger partial charge < -0.3 is 14.8 Å². The molecule has 0 fully saturated rings. The average molecular weight is 358 g/mol. The van der Waals surface area contributed by atoms with E-state index in [-0.39, 0.29) is 41.5 Å². The van der Waals surface area contributed by atoms with Crippen LogP contribution in [-0.2, 0) is 19.1 Å². The zero-order valence-corrected chi connectivity index (χ0v) is 17.6. The van der Waals surface area contributed by atoms with Crippen LogP contribution in [0, 0.1) is 5.41 Å². The molecule has 0 saturated carbocycles. The Morgan fingerprint density at radius 1 is 0.960 bits per heavy atom. The summed E-state index contributed by atoms with van der Waals surface area (Å²) < 4.78 is 11.2. The van der Waals surface area contributed by atoms with Gasteiger partial charge in [-0.05, 0) is 52.4 Å². The fraction of sp³-hybridized carbons (Fsp3) is 0.900. The molecule has 0 rings (SSSR count). The standard InChI is InChI=1S/C20H39NO4/c1-9-10-16(22)13-24-14-17(23)21-19(5,6)11-12-25-20(7,8)15-18(2,3)4/h9-15H2,1-8H3,(H,21,23). The first-order chi connectivity index (χ1) is 11.3. The molecule has 0 aromatic rings. The van der Waals surface area contributed by atoms with Gasteiger partial charge in [-0.3, -0.25) is 9.59 Å². The van der Waals surface area contributed by atoms with Gasteiger partial charge in [-0.15, -0.1) is 0 Å². The lowest BCUT2D eigenvalue weighted by Gasteiger charge is -2.34. The molecule has 1 N–H and O–H groups in total. The molecule has 148 valence electrons. The zero-order valence-electron chi connectivity index (χ0n) is 17.6. The SMILES string of the molecule is CCCC(=O)COCC(=O)NC(C)(C)CCOC(C)(C)CC(C)(C)C. The minimum Gasteiger partial charge on any atom is -0.375 e. The summed E-state index contributed by atoms with van der Waals surface area (Å²) >= 11 is 0. The second-order valence-corrected chi connectivity index (χ2v) is 9.31. The van der Waals surface area contributed by atoms with Gasteiger partial charge in [0.2, 0.25) is 5.91 Å². The molecule has 5 heteroatoms.